The average Bonchev–Trinajstić information content (AvgIpc) is 2.47. The fourth-order valence-corrected chi connectivity index (χ4v) is 2.29. The standard InChI is InChI=1S/C14H19N3O4/c18-13-5-8-16(9-6-13)10-7-14(19)15-11-1-3-12(4-2-11)17(20)21/h1-4,13,18H,5-10H2,(H,15,19). The third kappa shape index (κ3) is 4.80. The summed E-state index contributed by atoms with van der Waals surface area (Å²) in [5.74, 6) is -0.116. The van der Waals surface area contributed by atoms with Crippen molar-refractivity contribution in [3.63, 3.8) is 0 Å². The molecule has 2 N–H and O–H groups in total. The van der Waals surface area contributed by atoms with Gasteiger partial charge in [0.25, 0.3) is 5.69 Å². The van der Waals surface area contributed by atoms with Gasteiger partial charge in [-0.1, -0.05) is 0 Å². The fraction of sp³-hybridized carbons (Fsp3) is 0.500. The monoisotopic (exact) mass is 293 g/mol. The molecule has 7 heteroatoms. The predicted octanol–water partition coefficient (Wildman–Crippen LogP) is 1.38. The Hall–Kier alpha value is -1.99. The molecule has 1 amide bonds. The van der Waals surface area contributed by atoms with Crippen LogP contribution in [0.5, 0.6) is 0 Å². The average molecular weight is 293 g/mol. The molecular formula is C14H19N3O4. The lowest BCUT2D eigenvalue weighted by atomic mass is 10.1. The molecule has 1 fully saturated rings. The van der Waals surface area contributed by atoms with E-state index < -0.39 is 4.92 Å². The van der Waals surface area contributed by atoms with Crippen molar-refractivity contribution < 1.29 is 14.8 Å². The number of carbonyl (C=O) groups is 1. The van der Waals surface area contributed by atoms with Crippen LogP contribution in [0.4, 0.5) is 11.4 Å². The Bertz CT molecular complexity index is 495. The van der Waals surface area contributed by atoms with Crippen molar-refractivity contribution in [1.29, 1.82) is 0 Å². The Kier molecular flexibility index (Phi) is 5.24. The molecule has 0 radical (unpaired) electrons. The van der Waals surface area contributed by atoms with E-state index in [-0.39, 0.29) is 17.7 Å². The van der Waals surface area contributed by atoms with Crippen molar-refractivity contribution in [2.24, 2.45) is 0 Å². The molecule has 2 rings (SSSR count). The molecule has 1 heterocycles. The summed E-state index contributed by atoms with van der Waals surface area (Å²) in [4.78, 5) is 24.0. The van der Waals surface area contributed by atoms with Crippen LogP contribution in [0.2, 0.25) is 0 Å². The molecule has 0 atom stereocenters. The highest BCUT2D eigenvalue weighted by Crippen LogP contribution is 2.16. The van der Waals surface area contributed by atoms with E-state index in [1.807, 2.05) is 0 Å². The Labute approximate surface area is 122 Å². The summed E-state index contributed by atoms with van der Waals surface area (Å²) in [5.41, 5.74) is 0.555. The number of benzene rings is 1. The van der Waals surface area contributed by atoms with Gasteiger partial charge in [0.05, 0.1) is 11.0 Å². The van der Waals surface area contributed by atoms with Gasteiger partial charge in [-0.3, -0.25) is 14.9 Å². The summed E-state index contributed by atoms with van der Waals surface area (Å²) >= 11 is 0. The second-order valence-electron chi connectivity index (χ2n) is 5.17. The molecule has 0 aliphatic carbocycles. The van der Waals surface area contributed by atoms with Crippen LogP contribution in [-0.4, -0.2) is 46.6 Å². The number of hydrogen-bond acceptors (Lipinski definition) is 5. The van der Waals surface area contributed by atoms with E-state index in [0.29, 0.717) is 18.7 Å². The van der Waals surface area contributed by atoms with Crippen molar-refractivity contribution in [3.05, 3.63) is 34.4 Å². The Morgan fingerprint density at radius 3 is 2.52 bits per heavy atom. The van der Waals surface area contributed by atoms with Gasteiger partial charge in [0, 0.05) is 43.9 Å². The first-order valence-electron chi connectivity index (χ1n) is 6.99. The van der Waals surface area contributed by atoms with Gasteiger partial charge < -0.3 is 15.3 Å². The van der Waals surface area contributed by atoms with Crippen molar-refractivity contribution in [1.82, 2.24) is 4.90 Å². The van der Waals surface area contributed by atoms with Gasteiger partial charge in [0.2, 0.25) is 5.91 Å². The van der Waals surface area contributed by atoms with E-state index in [2.05, 4.69) is 10.2 Å². The SMILES string of the molecule is O=C(CCN1CCC(O)CC1)Nc1ccc([N+](=O)[O-])cc1. The van der Waals surface area contributed by atoms with Crippen LogP contribution in [0.25, 0.3) is 0 Å². The summed E-state index contributed by atoms with van der Waals surface area (Å²) < 4.78 is 0. The number of piperidine rings is 1. The molecule has 21 heavy (non-hydrogen) atoms. The molecule has 1 aliphatic heterocycles. The Morgan fingerprint density at radius 1 is 1.33 bits per heavy atom. The number of likely N-dealkylation sites (tertiary alicyclic amines) is 1. The van der Waals surface area contributed by atoms with Gasteiger partial charge in [-0.05, 0) is 25.0 Å². The number of non-ortho nitro benzene ring substituents is 1. The van der Waals surface area contributed by atoms with Gasteiger partial charge in [-0.2, -0.15) is 0 Å². The molecule has 0 aromatic heterocycles. The zero-order chi connectivity index (χ0) is 15.2. The number of rotatable bonds is 5. The summed E-state index contributed by atoms with van der Waals surface area (Å²) in [7, 11) is 0. The number of aliphatic hydroxyl groups is 1. The number of anilines is 1. The maximum absolute atomic E-state index is 11.8. The van der Waals surface area contributed by atoms with Crippen molar-refractivity contribution >= 4 is 17.3 Å². The number of nitro groups is 1. The first kappa shape index (κ1) is 15.4. The summed E-state index contributed by atoms with van der Waals surface area (Å²) in [6.45, 7) is 2.28. The minimum atomic E-state index is -0.476. The van der Waals surface area contributed by atoms with Crippen molar-refractivity contribution in [2.75, 3.05) is 25.0 Å². The number of nitro benzene ring substituents is 1. The van der Waals surface area contributed by atoms with E-state index in [1.54, 1.807) is 0 Å². The summed E-state index contributed by atoms with van der Waals surface area (Å²) in [5, 5.41) is 22.7. The van der Waals surface area contributed by atoms with Crippen LogP contribution < -0.4 is 5.32 Å². The normalized spacial score (nSPS) is 16.6. The number of nitrogens with zero attached hydrogens (tertiary/aromatic N) is 2. The van der Waals surface area contributed by atoms with Crippen molar-refractivity contribution in [3.8, 4) is 0 Å². The number of nitrogens with one attached hydrogen (secondary N) is 1. The van der Waals surface area contributed by atoms with Gasteiger partial charge in [0.15, 0.2) is 0 Å². The highest BCUT2D eigenvalue weighted by Gasteiger charge is 2.17. The summed E-state index contributed by atoms with van der Waals surface area (Å²) in [6.07, 6.45) is 1.66. The summed E-state index contributed by atoms with van der Waals surface area (Å²) in [6, 6.07) is 5.77. The third-order valence-electron chi connectivity index (χ3n) is 3.57. The molecule has 0 bridgehead atoms. The van der Waals surface area contributed by atoms with Crippen LogP contribution >= 0.6 is 0 Å². The molecule has 1 aromatic carbocycles. The Morgan fingerprint density at radius 2 is 1.95 bits per heavy atom. The number of hydrogen-bond donors (Lipinski definition) is 2. The molecule has 7 nitrogen and oxygen atoms in total. The van der Waals surface area contributed by atoms with E-state index >= 15 is 0 Å². The van der Waals surface area contributed by atoms with Crippen LogP contribution in [0.15, 0.2) is 24.3 Å². The van der Waals surface area contributed by atoms with Gasteiger partial charge in [-0.15, -0.1) is 0 Å². The highest BCUT2D eigenvalue weighted by molar-refractivity contribution is 5.90. The number of carbonyl (C=O) groups excluding carboxylic acids is 1. The van der Waals surface area contributed by atoms with Gasteiger partial charge in [0.1, 0.15) is 0 Å². The lowest BCUT2D eigenvalue weighted by Gasteiger charge is -2.29. The van der Waals surface area contributed by atoms with Gasteiger partial charge >= 0.3 is 0 Å². The Balaban J connectivity index is 1.75. The van der Waals surface area contributed by atoms with Crippen LogP contribution in [-0.2, 0) is 4.79 Å². The fourth-order valence-electron chi connectivity index (χ4n) is 2.29. The van der Waals surface area contributed by atoms with Crippen molar-refractivity contribution in [2.45, 2.75) is 25.4 Å². The first-order valence-corrected chi connectivity index (χ1v) is 6.99. The van der Waals surface area contributed by atoms with E-state index in [0.717, 1.165) is 25.9 Å². The predicted molar refractivity (Wildman–Crippen MR) is 78.0 cm³/mol. The van der Waals surface area contributed by atoms with Crippen LogP contribution in [0.1, 0.15) is 19.3 Å². The minimum Gasteiger partial charge on any atom is -0.393 e. The zero-order valence-electron chi connectivity index (χ0n) is 11.7. The van der Waals surface area contributed by atoms with Gasteiger partial charge in [-0.25, -0.2) is 0 Å². The number of amides is 1. The molecule has 0 unspecified atom stereocenters. The zero-order valence-corrected chi connectivity index (χ0v) is 11.7. The van der Waals surface area contributed by atoms with Crippen LogP contribution in [0, 0.1) is 10.1 Å². The smallest absolute Gasteiger partial charge is 0.269 e. The largest absolute Gasteiger partial charge is 0.393 e. The topological polar surface area (TPSA) is 95.7 Å². The molecule has 0 saturated carbocycles. The van der Waals surface area contributed by atoms with E-state index in [9.17, 15) is 20.0 Å². The molecule has 1 saturated heterocycles. The maximum atomic E-state index is 11.8. The second-order valence-corrected chi connectivity index (χ2v) is 5.17. The van der Waals surface area contributed by atoms with Crippen LogP contribution in [0.3, 0.4) is 0 Å². The number of aliphatic hydroxyl groups excluding tert-OH is 1. The quantitative estimate of drug-likeness (QED) is 0.631. The maximum Gasteiger partial charge on any atom is 0.269 e. The molecule has 114 valence electrons. The minimum absolute atomic E-state index is 0.000117. The first-order chi connectivity index (χ1) is 10.0. The molecule has 1 aliphatic rings. The second kappa shape index (κ2) is 7.14. The lowest BCUT2D eigenvalue weighted by Crippen LogP contribution is -2.37. The van der Waals surface area contributed by atoms with E-state index in [1.165, 1.54) is 24.3 Å². The lowest BCUT2D eigenvalue weighted by molar-refractivity contribution is -0.384. The third-order valence-corrected chi connectivity index (χ3v) is 3.57. The highest BCUT2D eigenvalue weighted by atomic mass is 16.6. The van der Waals surface area contributed by atoms with E-state index in [4.69, 9.17) is 0 Å². The molecule has 0 spiro atoms. The molecular weight excluding hydrogens is 274 g/mol. The molecule has 1 aromatic rings.